The smallest absolute Gasteiger partial charge is 0.263 e. The highest BCUT2D eigenvalue weighted by Crippen LogP contribution is 2.24. The number of pyridine rings is 1. The van der Waals surface area contributed by atoms with Gasteiger partial charge in [0.2, 0.25) is 11.7 Å². The lowest BCUT2D eigenvalue weighted by Gasteiger charge is -2.20. The van der Waals surface area contributed by atoms with Gasteiger partial charge < -0.3 is 4.90 Å². The fourth-order valence-electron chi connectivity index (χ4n) is 4.18. The Labute approximate surface area is 188 Å². The number of nitrogens with zero attached hydrogens (tertiary/aromatic N) is 6. The average Bonchev–Trinajstić information content (AvgIpc) is 3.04. The zero-order valence-corrected chi connectivity index (χ0v) is 18.7. The van der Waals surface area contributed by atoms with Crippen LogP contribution in [0.15, 0.2) is 58.1 Å². The third-order valence-corrected chi connectivity index (χ3v) is 6.23. The van der Waals surface area contributed by atoms with Crippen LogP contribution >= 0.6 is 15.9 Å². The maximum atomic E-state index is 13.4. The summed E-state index contributed by atoms with van der Waals surface area (Å²) in [5, 5.41) is 9.65. The molecule has 3 aromatic heterocycles. The van der Waals surface area contributed by atoms with E-state index in [1.165, 1.54) is 12.8 Å². The summed E-state index contributed by atoms with van der Waals surface area (Å²) in [6.45, 7) is 2.32. The third-order valence-electron chi connectivity index (χ3n) is 5.74. The van der Waals surface area contributed by atoms with Gasteiger partial charge in [0.25, 0.3) is 5.56 Å². The van der Waals surface area contributed by atoms with E-state index in [-0.39, 0.29) is 5.56 Å². The van der Waals surface area contributed by atoms with Crippen molar-refractivity contribution in [2.75, 3.05) is 18.0 Å². The van der Waals surface area contributed by atoms with Crippen LogP contribution in [-0.4, -0.2) is 37.2 Å². The topological polar surface area (TPSA) is 68.3 Å². The molecule has 31 heavy (non-hydrogen) atoms. The molecule has 1 aromatic carbocycles. The standard InChI is InChI=1S/C23H23BrN6O/c24-18-7-8-20-19(16-18)21(31)29(15-5-6-17-9-11-25-12-10-17)23-27-26-22(30(20)23)28-13-3-1-2-4-14-28/h5-12,16H,1-4,13-15H2/b6-5+. The summed E-state index contributed by atoms with van der Waals surface area (Å²) in [6.07, 6.45) is 12.2. The predicted molar refractivity (Wildman–Crippen MR) is 126 cm³/mol. The molecule has 0 unspecified atom stereocenters. The molecule has 1 aliphatic rings. The molecule has 5 rings (SSSR count). The van der Waals surface area contributed by atoms with Gasteiger partial charge in [0, 0.05) is 36.5 Å². The number of anilines is 1. The van der Waals surface area contributed by atoms with E-state index in [1.807, 2.05) is 46.9 Å². The molecule has 0 atom stereocenters. The Bertz CT molecular complexity index is 1300. The molecule has 0 amide bonds. The van der Waals surface area contributed by atoms with Gasteiger partial charge in [0.1, 0.15) is 0 Å². The highest BCUT2D eigenvalue weighted by atomic mass is 79.9. The van der Waals surface area contributed by atoms with E-state index in [1.54, 1.807) is 17.0 Å². The van der Waals surface area contributed by atoms with E-state index in [2.05, 4.69) is 36.0 Å². The summed E-state index contributed by atoms with van der Waals surface area (Å²) in [5.41, 5.74) is 1.80. The minimum absolute atomic E-state index is 0.0713. The van der Waals surface area contributed by atoms with Crippen molar-refractivity contribution in [2.45, 2.75) is 32.2 Å². The summed E-state index contributed by atoms with van der Waals surface area (Å²) in [4.78, 5) is 19.7. The van der Waals surface area contributed by atoms with E-state index in [4.69, 9.17) is 0 Å². The highest BCUT2D eigenvalue weighted by molar-refractivity contribution is 9.10. The van der Waals surface area contributed by atoms with Crippen molar-refractivity contribution in [3.8, 4) is 0 Å². The highest BCUT2D eigenvalue weighted by Gasteiger charge is 2.21. The zero-order valence-electron chi connectivity index (χ0n) is 17.1. The second-order valence-electron chi connectivity index (χ2n) is 7.80. The number of aromatic nitrogens is 5. The summed E-state index contributed by atoms with van der Waals surface area (Å²) in [6, 6.07) is 9.67. The third kappa shape index (κ3) is 3.87. The number of benzene rings is 1. The van der Waals surface area contributed by atoms with Crippen LogP contribution in [0.4, 0.5) is 5.95 Å². The van der Waals surface area contributed by atoms with Crippen molar-refractivity contribution >= 4 is 44.6 Å². The van der Waals surface area contributed by atoms with Gasteiger partial charge in [0.15, 0.2) is 0 Å². The molecule has 0 radical (unpaired) electrons. The van der Waals surface area contributed by atoms with E-state index < -0.39 is 0 Å². The fraction of sp³-hybridized carbons (Fsp3) is 0.304. The molecule has 4 aromatic rings. The molecule has 1 fully saturated rings. The van der Waals surface area contributed by atoms with Crippen molar-refractivity contribution in [3.63, 3.8) is 0 Å². The number of halogens is 1. The van der Waals surface area contributed by atoms with E-state index in [0.29, 0.717) is 17.7 Å². The fourth-order valence-corrected chi connectivity index (χ4v) is 4.54. The lowest BCUT2D eigenvalue weighted by Crippen LogP contribution is -2.28. The van der Waals surface area contributed by atoms with E-state index in [9.17, 15) is 4.79 Å². The van der Waals surface area contributed by atoms with Crippen LogP contribution in [0, 0.1) is 0 Å². The van der Waals surface area contributed by atoms with Crippen LogP contribution in [-0.2, 0) is 6.54 Å². The molecule has 158 valence electrons. The minimum atomic E-state index is -0.0713. The van der Waals surface area contributed by atoms with Gasteiger partial charge in [-0.3, -0.25) is 14.3 Å². The van der Waals surface area contributed by atoms with Gasteiger partial charge in [-0.1, -0.05) is 40.9 Å². The molecule has 4 heterocycles. The minimum Gasteiger partial charge on any atom is -0.341 e. The van der Waals surface area contributed by atoms with Crippen LogP contribution in [0.3, 0.4) is 0 Å². The van der Waals surface area contributed by atoms with Crippen molar-refractivity contribution in [2.24, 2.45) is 0 Å². The summed E-state index contributed by atoms with van der Waals surface area (Å²) < 4.78 is 4.61. The Hall–Kier alpha value is -3.00. The maximum Gasteiger partial charge on any atom is 0.263 e. The lowest BCUT2D eigenvalue weighted by atomic mass is 10.2. The van der Waals surface area contributed by atoms with Gasteiger partial charge in [0.05, 0.1) is 10.9 Å². The molecule has 0 saturated carbocycles. The second-order valence-corrected chi connectivity index (χ2v) is 8.71. The predicted octanol–water partition coefficient (Wildman–Crippen LogP) is 4.30. The molecule has 7 nitrogen and oxygen atoms in total. The zero-order chi connectivity index (χ0) is 21.2. The van der Waals surface area contributed by atoms with Crippen LogP contribution in [0.25, 0.3) is 22.8 Å². The van der Waals surface area contributed by atoms with Gasteiger partial charge in [-0.25, -0.2) is 4.40 Å². The largest absolute Gasteiger partial charge is 0.341 e. The first-order valence-electron chi connectivity index (χ1n) is 10.6. The molecule has 0 bridgehead atoms. The Morgan fingerprint density at radius 2 is 1.77 bits per heavy atom. The number of hydrogen-bond donors (Lipinski definition) is 0. The number of hydrogen-bond acceptors (Lipinski definition) is 5. The van der Waals surface area contributed by atoms with Gasteiger partial charge in [-0.15, -0.1) is 10.2 Å². The Morgan fingerprint density at radius 3 is 2.55 bits per heavy atom. The van der Waals surface area contributed by atoms with Crippen LogP contribution < -0.4 is 10.5 Å². The van der Waals surface area contributed by atoms with E-state index >= 15 is 0 Å². The number of rotatable bonds is 4. The molecule has 1 aliphatic heterocycles. The Morgan fingerprint density at radius 1 is 1.00 bits per heavy atom. The van der Waals surface area contributed by atoms with Crippen molar-refractivity contribution < 1.29 is 0 Å². The summed E-state index contributed by atoms with van der Waals surface area (Å²) in [7, 11) is 0. The van der Waals surface area contributed by atoms with Crippen LogP contribution in [0.1, 0.15) is 31.2 Å². The quantitative estimate of drug-likeness (QED) is 0.437. The SMILES string of the molecule is O=c1c2cc(Br)ccc2n2c(N3CCCCCC3)nnc2n1C/C=C/c1ccncc1. The van der Waals surface area contributed by atoms with Crippen LogP contribution in [0.2, 0.25) is 0 Å². The molecular weight excluding hydrogens is 456 g/mol. The molecule has 0 N–H and O–H groups in total. The Balaban J connectivity index is 1.66. The van der Waals surface area contributed by atoms with Gasteiger partial charge >= 0.3 is 0 Å². The van der Waals surface area contributed by atoms with E-state index in [0.717, 1.165) is 47.4 Å². The maximum absolute atomic E-state index is 13.4. The first-order valence-corrected chi connectivity index (χ1v) is 11.4. The monoisotopic (exact) mass is 478 g/mol. The Kier molecular flexibility index (Phi) is 5.55. The first-order chi connectivity index (χ1) is 15.2. The normalized spacial score (nSPS) is 15.2. The first kappa shape index (κ1) is 19.9. The lowest BCUT2D eigenvalue weighted by molar-refractivity contribution is 0.726. The van der Waals surface area contributed by atoms with Gasteiger partial charge in [-0.05, 0) is 48.7 Å². The second kappa shape index (κ2) is 8.63. The molecule has 0 aliphatic carbocycles. The number of fused-ring (bicyclic) bond motifs is 3. The average molecular weight is 479 g/mol. The molecule has 0 spiro atoms. The molecule has 8 heteroatoms. The van der Waals surface area contributed by atoms with Crippen molar-refractivity contribution in [1.29, 1.82) is 0 Å². The van der Waals surface area contributed by atoms with Crippen molar-refractivity contribution in [1.82, 2.24) is 24.1 Å². The summed E-state index contributed by atoms with van der Waals surface area (Å²) in [5.74, 6) is 1.38. The number of allylic oxidation sites excluding steroid dienone is 1. The molecular formula is C23H23BrN6O. The van der Waals surface area contributed by atoms with Crippen LogP contribution in [0.5, 0.6) is 0 Å². The molecule has 1 saturated heterocycles. The van der Waals surface area contributed by atoms with Gasteiger partial charge in [-0.2, -0.15) is 0 Å². The summed E-state index contributed by atoms with van der Waals surface area (Å²) >= 11 is 3.52. The van der Waals surface area contributed by atoms with Crippen molar-refractivity contribution in [3.05, 3.63) is 69.2 Å².